The molecule has 6 heteroatoms. The number of nitro benzene ring substituents is 1. The van der Waals surface area contributed by atoms with Crippen LogP contribution >= 0.6 is 0 Å². The molecule has 0 spiro atoms. The van der Waals surface area contributed by atoms with Crippen LogP contribution in [0.4, 0.5) is 5.69 Å². The summed E-state index contributed by atoms with van der Waals surface area (Å²) in [6, 6.07) is 6.03. The van der Waals surface area contributed by atoms with Crippen LogP contribution in [0.2, 0.25) is 0 Å². The minimum Gasteiger partial charge on any atom is -0.457 e. The van der Waals surface area contributed by atoms with E-state index < -0.39 is 10.9 Å². The smallest absolute Gasteiger partial charge is 0.331 e. The molecule has 0 N–H and O–H groups in total. The fourth-order valence-corrected chi connectivity index (χ4v) is 1.72. The lowest BCUT2D eigenvalue weighted by molar-refractivity contribution is -0.384. The van der Waals surface area contributed by atoms with Crippen molar-refractivity contribution in [2.45, 2.75) is 12.5 Å². The molecule has 1 heterocycles. The number of nitro groups is 1. The number of benzene rings is 1. The Morgan fingerprint density at radius 3 is 3.05 bits per heavy atom. The zero-order valence-corrected chi connectivity index (χ0v) is 10.2. The molecule has 0 aromatic heterocycles. The molecule has 0 aliphatic carbocycles. The average Bonchev–Trinajstić information content (AvgIpc) is 2.89. The van der Waals surface area contributed by atoms with Crippen LogP contribution in [0, 0.1) is 10.1 Å². The highest BCUT2D eigenvalue weighted by atomic mass is 16.6. The van der Waals surface area contributed by atoms with Crippen molar-refractivity contribution < 1.29 is 19.2 Å². The molecule has 1 aromatic carbocycles. The number of rotatable bonds is 4. The fraction of sp³-hybridized carbons (Fsp3) is 0.308. The number of carbonyl (C=O) groups excluding carboxylic acids is 1. The minimum atomic E-state index is -0.481. The lowest BCUT2D eigenvalue weighted by Crippen LogP contribution is -2.16. The first-order valence-electron chi connectivity index (χ1n) is 5.86. The topological polar surface area (TPSA) is 78.7 Å². The van der Waals surface area contributed by atoms with Gasteiger partial charge in [0.05, 0.1) is 18.1 Å². The van der Waals surface area contributed by atoms with Gasteiger partial charge in [-0.2, -0.15) is 0 Å². The van der Waals surface area contributed by atoms with Gasteiger partial charge in [0.25, 0.3) is 5.69 Å². The number of ether oxygens (including phenoxy) is 2. The van der Waals surface area contributed by atoms with E-state index in [0.29, 0.717) is 25.2 Å². The molecule has 2 rings (SSSR count). The quantitative estimate of drug-likeness (QED) is 0.359. The summed E-state index contributed by atoms with van der Waals surface area (Å²) in [6.45, 7) is 1.03. The zero-order chi connectivity index (χ0) is 13.7. The van der Waals surface area contributed by atoms with Gasteiger partial charge in [-0.25, -0.2) is 4.79 Å². The Hall–Kier alpha value is -2.21. The predicted octanol–water partition coefficient (Wildman–Crippen LogP) is 1.94. The van der Waals surface area contributed by atoms with E-state index in [1.165, 1.54) is 24.3 Å². The van der Waals surface area contributed by atoms with Gasteiger partial charge in [0.2, 0.25) is 0 Å². The zero-order valence-electron chi connectivity index (χ0n) is 10.2. The molecule has 6 nitrogen and oxygen atoms in total. The van der Waals surface area contributed by atoms with E-state index in [4.69, 9.17) is 9.47 Å². The summed E-state index contributed by atoms with van der Waals surface area (Å²) in [5.41, 5.74) is 0.563. The van der Waals surface area contributed by atoms with E-state index in [2.05, 4.69) is 0 Å². The van der Waals surface area contributed by atoms with Gasteiger partial charge in [-0.15, -0.1) is 0 Å². The summed E-state index contributed by atoms with van der Waals surface area (Å²) in [7, 11) is 0. The highest BCUT2D eigenvalue weighted by Gasteiger charge is 2.18. The van der Waals surface area contributed by atoms with E-state index in [1.54, 1.807) is 12.1 Å². The van der Waals surface area contributed by atoms with Crippen molar-refractivity contribution in [2.24, 2.45) is 0 Å². The van der Waals surface area contributed by atoms with Crippen molar-refractivity contribution in [1.29, 1.82) is 0 Å². The Bertz CT molecular complexity index is 506. The Balaban J connectivity index is 1.95. The van der Waals surface area contributed by atoms with E-state index in [0.717, 1.165) is 0 Å². The summed E-state index contributed by atoms with van der Waals surface area (Å²) >= 11 is 0. The largest absolute Gasteiger partial charge is 0.457 e. The van der Waals surface area contributed by atoms with Crippen LogP contribution in [-0.2, 0) is 14.3 Å². The van der Waals surface area contributed by atoms with E-state index >= 15 is 0 Å². The molecule has 19 heavy (non-hydrogen) atoms. The maximum Gasteiger partial charge on any atom is 0.331 e. The molecule has 1 atom stereocenters. The number of hydrogen-bond acceptors (Lipinski definition) is 5. The lowest BCUT2D eigenvalue weighted by Gasteiger charge is -2.06. The Morgan fingerprint density at radius 2 is 2.37 bits per heavy atom. The standard InChI is InChI=1S/C13H13NO5/c15-13(19-12-6-7-18-9-12)5-4-10-2-1-3-11(8-10)14(16)17/h1-5,8,12H,6-7,9H2/b5-4+/t12-/m1/s1. The van der Waals surface area contributed by atoms with Crippen molar-refractivity contribution in [3.63, 3.8) is 0 Å². The summed E-state index contributed by atoms with van der Waals surface area (Å²) in [5, 5.41) is 10.6. The Kier molecular flexibility index (Phi) is 4.25. The second-order valence-electron chi connectivity index (χ2n) is 4.11. The summed E-state index contributed by atoms with van der Waals surface area (Å²) in [5.74, 6) is -0.470. The number of hydrogen-bond donors (Lipinski definition) is 0. The first-order chi connectivity index (χ1) is 9.15. The molecule has 100 valence electrons. The van der Waals surface area contributed by atoms with E-state index in [-0.39, 0.29) is 11.8 Å². The highest BCUT2D eigenvalue weighted by molar-refractivity contribution is 5.87. The van der Waals surface area contributed by atoms with Gasteiger partial charge in [0.1, 0.15) is 6.10 Å². The molecule has 1 fully saturated rings. The van der Waals surface area contributed by atoms with Crippen molar-refractivity contribution >= 4 is 17.7 Å². The molecule has 0 saturated carbocycles. The fourth-order valence-electron chi connectivity index (χ4n) is 1.72. The average molecular weight is 263 g/mol. The normalized spacial score (nSPS) is 18.6. The number of carbonyl (C=O) groups is 1. The molecule has 0 amide bonds. The first kappa shape index (κ1) is 13.2. The van der Waals surface area contributed by atoms with Crippen molar-refractivity contribution in [3.05, 3.63) is 46.0 Å². The molecule has 1 aliphatic rings. The number of non-ortho nitro benzene ring substituents is 1. The Morgan fingerprint density at radius 1 is 1.53 bits per heavy atom. The summed E-state index contributed by atoms with van der Waals surface area (Å²) in [6.07, 6.45) is 3.26. The minimum absolute atomic E-state index is 0.0142. The van der Waals surface area contributed by atoms with Gasteiger partial charge in [-0.3, -0.25) is 10.1 Å². The van der Waals surface area contributed by atoms with Crippen molar-refractivity contribution in [2.75, 3.05) is 13.2 Å². The third-order valence-electron chi connectivity index (χ3n) is 2.66. The van der Waals surface area contributed by atoms with Crippen molar-refractivity contribution in [3.8, 4) is 0 Å². The monoisotopic (exact) mass is 263 g/mol. The van der Waals surface area contributed by atoms with Crippen LogP contribution in [0.15, 0.2) is 30.3 Å². The molecule has 1 aromatic rings. The van der Waals surface area contributed by atoms with Crippen LogP contribution in [0.5, 0.6) is 0 Å². The van der Waals surface area contributed by atoms with Gasteiger partial charge in [-0.05, 0) is 11.6 Å². The lowest BCUT2D eigenvalue weighted by atomic mass is 10.2. The molecular weight excluding hydrogens is 250 g/mol. The SMILES string of the molecule is O=C(/C=C/c1cccc([N+](=O)[O-])c1)O[C@@H]1CCOC1. The highest BCUT2D eigenvalue weighted by Crippen LogP contribution is 2.14. The third-order valence-corrected chi connectivity index (χ3v) is 2.66. The van der Waals surface area contributed by atoms with Gasteiger partial charge in [0.15, 0.2) is 0 Å². The Labute approximate surface area is 109 Å². The van der Waals surface area contributed by atoms with E-state index in [9.17, 15) is 14.9 Å². The summed E-state index contributed by atoms with van der Waals surface area (Å²) in [4.78, 5) is 21.6. The van der Waals surface area contributed by atoms with Crippen LogP contribution in [-0.4, -0.2) is 30.2 Å². The second kappa shape index (κ2) is 6.10. The van der Waals surface area contributed by atoms with Crippen LogP contribution < -0.4 is 0 Å². The van der Waals surface area contributed by atoms with Crippen LogP contribution in [0.25, 0.3) is 6.08 Å². The third kappa shape index (κ3) is 3.89. The van der Waals surface area contributed by atoms with Gasteiger partial charge in [-0.1, -0.05) is 12.1 Å². The van der Waals surface area contributed by atoms with Crippen molar-refractivity contribution in [1.82, 2.24) is 0 Å². The predicted molar refractivity (Wildman–Crippen MR) is 67.4 cm³/mol. The second-order valence-corrected chi connectivity index (χ2v) is 4.11. The maximum absolute atomic E-state index is 11.5. The molecule has 1 saturated heterocycles. The molecule has 0 radical (unpaired) electrons. The van der Waals surface area contributed by atoms with Crippen LogP contribution in [0.1, 0.15) is 12.0 Å². The van der Waals surface area contributed by atoms with Gasteiger partial charge in [0, 0.05) is 24.6 Å². The number of nitrogens with zero attached hydrogens (tertiary/aromatic N) is 1. The molecule has 0 unspecified atom stereocenters. The molecular formula is C13H13NO5. The maximum atomic E-state index is 11.5. The molecule has 1 aliphatic heterocycles. The van der Waals surface area contributed by atoms with Gasteiger partial charge < -0.3 is 9.47 Å². The van der Waals surface area contributed by atoms with Gasteiger partial charge >= 0.3 is 5.97 Å². The molecule has 0 bridgehead atoms. The first-order valence-corrected chi connectivity index (χ1v) is 5.86. The number of esters is 1. The van der Waals surface area contributed by atoms with E-state index in [1.807, 2.05) is 0 Å². The summed E-state index contributed by atoms with van der Waals surface area (Å²) < 4.78 is 10.2. The van der Waals surface area contributed by atoms with Crippen LogP contribution in [0.3, 0.4) is 0 Å².